The third kappa shape index (κ3) is 3.67. The molecule has 0 aliphatic carbocycles. The summed E-state index contributed by atoms with van der Waals surface area (Å²) in [4.78, 5) is 11.9. The van der Waals surface area contributed by atoms with Gasteiger partial charge in [0.1, 0.15) is 17.6 Å². The number of hydrogen-bond donors (Lipinski definition) is 2. The van der Waals surface area contributed by atoms with Gasteiger partial charge in [-0.05, 0) is 24.3 Å². The molecule has 2 aromatic rings. The van der Waals surface area contributed by atoms with E-state index in [9.17, 15) is 4.79 Å². The topological polar surface area (TPSA) is 97.4 Å². The van der Waals surface area contributed by atoms with Crippen LogP contribution in [0.2, 0.25) is 0 Å². The molecular formula is C16H15N3O3. The third-order valence-electron chi connectivity index (χ3n) is 2.87. The van der Waals surface area contributed by atoms with Gasteiger partial charge in [-0.15, -0.1) is 0 Å². The van der Waals surface area contributed by atoms with Crippen molar-refractivity contribution < 1.29 is 14.3 Å². The summed E-state index contributed by atoms with van der Waals surface area (Å²) in [5.41, 5.74) is 7.06. The van der Waals surface area contributed by atoms with Crippen LogP contribution in [0.15, 0.2) is 42.5 Å². The average Bonchev–Trinajstić information content (AvgIpc) is 2.54. The van der Waals surface area contributed by atoms with Gasteiger partial charge in [-0.3, -0.25) is 4.79 Å². The zero-order valence-electron chi connectivity index (χ0n) is 12.0. The minimum absolute atomic E-state index is 0.216. The summed E-state index contributed by atoms with van der Waals surface area (Å²) in [7, 11) is 1.49. The number of para-hydroxylation sites is 1. The van der Waals surface area contributed by atoms with Gasteiger partial charge in [-0.2, -0.15) is 5.26 Å². The molecule has 0 fully saturated rings. The SMILES string of the molecule is COc1cc(N)ccc1NC(=O)COc1ccccc1C#N. The van der Waals surface area contributed by atoms with Gasteiger partial charge in [0.2, 0.25) is 0 Å². The second-order valence-electron chi connectivity index (χ2n) is 4.40. The number of amides is 1. The molecule has 0 unspecified atom stereocenters. The number of methoxy groups -OCH3 is 1. The molecule has 1 amide bonds. The van der Waals surface area contributed by atoms with E-state index >= 15 is 0 Å². The molecule has 0 heterocycles. The van der Waals surface area contributed by atoms with Gasteiger partial charge in [0, 0.05) is 11.8 Å². The van der Waals surface area contributed by atoms with E-state index < -0.39 is 0 Å². The average molecular weight is 297 g/mol. The molecule has 0 aromatic heterocycles. The first-order chi connectivity index (χ1) is 10.6. The van der Waals surface area contributed by atoms with Crippen molar-refractivity contribution in [3.8, 4) is 17.6 Å². The van der Waals surface area contributed by atoms with Crippen molar-refractivity contribution in [2.24, 2.45) is 0 Å². The van der Waals surface area contributed by atoms with Crippen LogP contribution in [0.5, 0.6) is 11.5 Å². The van der Waals surface area contributed by atoms with Gasteiger partial charge < -0.3 is 20.5 Å². The molecule has 0 aliphatic heterocycles. The standard InChI is InChI=1S/C16H15N3O3/c1-21-15-8-12(18)6-7-13(15)19-16(20)10-22-14-5-3-2-4-11(14)9-17/h2-8H,10,18H2,1H3,(H,19,20). The van der Waals surface area contributed by atoms with Gasteiger partial charge >= 0.3 is 0 Å². The van der Waals surface area contributed by atoms with Crippen molar-refractivity contribution >= 4 is 17.3 Å². The molecule has 112 valence electrons. The van der Waals surface area contributed by atoms with Gasteiger partial charge in [0.05, 0.1) is 18.4 Å². The second-order valence-corrected chi connectivity index (χ2v) is 4.40. The summed E-state index contributed by atoms with van der Waals surface area (Å²) in [6.45, 7) is -0.216. The molecule has 2 aromatic carbocycles. The predicted octanol–water partition coefficient (Wildman–Crippen LogP) is 2.17. The van der Waals surface area contributed by atoms with Gasteiger partial charge in [-0.25, -0.2) is 0 Å². The Hall–Kier alpha value is -3.20. The third-order valence-corrected chi connectivity index (χ3v) is 2.87. The Morgan fingerprint density at radius 3 is 2.77 bits per heavy atom. The summed E-state index contributed by atoms with van der Waals surface area (Å²) in [6.07, 6.45) is 0. The maximum absolute atomic E-state index is 11.9. The molecule has 0 radical (unpaired) electrons. The number of nitrogens with one attached hydrogen (secondary N) is 1. The molecule has 3 N–H and O–H groups in total. The van der Waals surface area contributed by atoms with E-state index in [-0.39, 0.29) is 12.5 Å². The predicted molar refractivity (Wildman–Crippen MR) is 82.7 cm³/mol. The Balaban J connectivity index is 2.01. The molecule has 0 spiro atoms. The highest BCUT2D eigenvalue weighted by Gasteiger charge is 2.10. The maximum Gasteiger partial charge on any atom is 0.262 e. The fourth-order valence-electron chi connectivity index (χ4n) is 1.83. The molecule has 0 aliphatic rings. The lowest BCUT2D eigenvalue weighted by Gasteiger charge is -2.11. The van der Waals surface area contributed by atoms with E-state index in [1.165, 1.54) is 7.11 Å². The van der Waals surface area contributed by atoms with E-state index in [1.807, 2.05) is 6.07 Å². The Bertz CT molecular complexity index is 723. The summed E-state index contributed by atoms with van der Waals surface area (Å²) in [6, 6.07) is 13.6. The number of benzene rings is 2. The van der Waals surface area contributed by atoms with Crippen molar-refractivity contribution in [3.05, 3.63) is 48.0 Å². The summed E-state index contributed by atoms with van der Waals surface area (Å²) < 4.78 is 10.5. The first kappa shape index (κ1) is 15.2. The van der Waals surface area contributed by atoms with Crippen molar-refractivity contribution in [2.45, 2.75) is 0 Å². The van der Waals surface area contributed by atoms with E-state index in [4.69, 9.17) is 20.5 Å². The van der Waals surface area contributed by atoms with E-state index in [2.05, 4.69) is 5.32 Å². The lowest BCUT2D eigenvalue weighted by Crippen LogP contribution is -2.20. The van der Waals surface area contributed by atoms with Gasteiger partial charge in [0.15, 0.2) is 6.61 Å². The zero-order chi connectivity index (χ0) is 15.9. The quantitative estimate of drug-likeness (QED) is 0.824. The van der Waals surface area contributed by atoms with Crippen LogP contribution in [0.4, 0.5) is 11.4 Å². The molecule has 6 nitrogen and oxygen atoms in total. The first-order valence-corrected chi connectivity index (χ1v) is 6.49. The summed E-state index contributed by atoms with van der Waals surface area (Å²) >= 11 is 0. The lowest BCUT2D eigenvalue weighted by atomic mass is 10.2. The molecule has 0 saturated heterocycles. The number of nitrogen functional groups attached to an aromatic ring is 1. The molecule has 0 saturated carbocycles. The fourth-order valence-corrected chi connectivity index (χ4v) is 1.83. The Labute approximate surface area is 128 Å². The number of nitrogens with two attached hydrogens (primary N) is 1. The van der Waals surface area contributed by atoms with Crippen LogP contribution in [-0.4, -0.2) is 19.6 Å². The molecule has 6 heteroatoms. The van der Waals surface area contributed by atoms with Crippen molar-refractivity contribution in [1.82, 2.24) is 0 Å². The summed E-state index contributed by atoms with van der Waals surface area (Å²) in [5, 5.41) is 11.6. The van der Waals surface area contributed by atoms with Crippen molar-refractivity contribution in [1.29, 1.82) is 5.26 Å². The number of rotatable bonds is 5. The van der Waals surface area contributed by atoms with Crippen LogP contribution >= 0.6 is 0 Å². The fraction of sp³-hybridized carbons (Fsp3) is 0.125. The number of anilines is 2. The van der Waals surface area contributed by atoms with E-state index in [1.54, 1.807) is 42.5 Å². The first-order valence-electron chi connectivity index (χ1n) is 6.49. The molecule has 0 atom stereocenters. The van der Waals surface area contributed by atoms with Crippen LogP contribution in [-0.2, 0) is 4.79 Å². The highest BCUT2D eigenvalue weighted by molar-refractivity contribution is 5.93. The summed E-state index contributed by atoms with van der Waals surface area (Å²) in [5.74, 6) is 0.464. The van der Waals surface area contributed by atoms with Crippen LogP contribution in [0, 0.1) is 11.3 Å². The van der Waals surface area contributed by atoms with Crippen LogP contribution in [0.3, 0.4) is 0 Å². The monoisotopic (exact) mass is 297 g/mol. The van der Waals surface area contributed by atoms with Crippen LogP contribution < -0.4 is 20.5 Å². The second kappa shape index (κ2) is 6.99. The molecule has 2 rings (SSSR count). The molecule has 22 heavy (non-hydrogen) atoms. The van der Waals surface area contributed by atoms with E-state index in [0.717, 1.165) is 0 Å². The minimum atomic E-state index is -0.365. The number of nitrogens with zero attached hydrogens (tertiary/aromatic N) is 1. The smallest absolute Gasteiger partial charge is 0.262 e. The maximum atomic E-state index is 11.9. The number of carbonyl (C=O) groups is 1. The molecule has 0 bridgehead atoms. The van der Waals surface area contributed by atoms with Crippen LogP contribution in [0.25, 0.3) is 0 Å². The van der Waals surface area contributed by atoms with Crippen LogP contribution in [0.1, 0.15) is 5.56 Å². The molecular weight excluding hydrogens is 282 g/mol. The minimum Gasteiger partial charge on any atom is -0.494 e. The number of carbonyl (C=O) groups excluding carboxylic acids is 1. The highest BCUT2D eigenvalue weighted by atomic mass is 16.5. The number of hydrogen-bond acceptors (Lipinski definition) is 5. The number of nitriles is 1. The zero-order valence-corrected chi connectivity index (χ0v) is 12.0. The highest BCUT2D eigenvalue weighted by Crippen LogP contribution is 2.26. The lowest BCUT2D eigenvalue weighted by molar-refractivity contribution is -0.118. The number of ether oxygens (including phenoxy) is 2. The van der Waals surface area contributed by atoms with Crippen molar-refractivity contribution in [3.63, 3.8) is 0 Å². The largest absolute Gasteiger partial charge is 0.494 e. The van der Waals surface area contributed by atoms with Gasteiger partial charge in [-0.1, -0.05) is 12.1 Å². The van der Waals surface area contributed by atoms with Crippen molar-refractivity contribution in [2.75, 3.05) is 24.8 Å². The Kier molecular flexibility index (Phi) is 4.83. The van der Waals surface area contributed by atoms with Gasteiger partial charge in [0.25, 0.3) is 5.91 Å². The Morgan fingerprint density at radius 2 is 2.05 bits per heavy atom. The normalized spacial score (nSPS) is 9.64. The Morgan fingerprint density at radius 1 is 1.27 bits per heavy atom. The van der Waals surface area contributed by atoms with E-state index in [0.29, 0.717) is 28.4 Å².